The molecule has 1 aromatic rings. The van der Waals surface area contributed by atoms with Gasteiger partial charge in [-0.05, 0) is 49.9 Å². The van der Waals surface area contributed by atoms with Crippen LogP contribution in [0, 0.1) is 0 Å². The van der Waals surface area contributed by atoms with Crippen molar-refractivity contribution in [3.05, 3.63) is 27.7 Å². The van der Waals surface area contributed by atoms with E-state index in [0.29, 0.717) is 35.4 Å². The van der Waals surface area contributed by atoms with E-state index in [1.54, 1.807) is 6.07 Å². The molecular weight excluding hydrogens is 285 g/mol. The van der Waals surface area contributed by atoms with E-state index in [1.807, 2.05) is 6.07 Å². The molecule has 19 heavy (non-hydrogen) atoms. The second-order valence-corrected chi connectivity index (χ2v) is 5.56. The Balaban J connectivity index is 2.05. The molecule has 1 atom stereocenters. The Labute approximate surface area is 124 Å². The van der Waals surface area contributed by atoms with Crippen LogP contribution < -0.4 is 10.5 Å². The quantitative estimate of drug-likeness (QED) is 0.906. The minimum absolute atomic E-state index is 0.159. The third kappa shape index (κ3) is 4.25. The Hall–Kier alpha value is -0.480. The zero-order chi connectivity index (χ0) is 13.7. The van der Waals surface area contributed by atoms with Gasteiger partial charge in [-0.3, -0.25) is 0 Å². The van der Waals surface area contributed by atoms with Gasteiger partial charge in [0.05, 0.1) is 11.1 Å². The van der Waals surface area contributed by atoms with Crippen LogP contribution >= 0.6 is 23.2 Å². The molecule has 1 aromatic carbocycles. The third-order valence-corrected chi connectivity index (χ3v) is 3.69. The lowest BCUT2D eigenvalue weighted by Gasteiger charge is -2.23. The highest BCUT2D eigenvalue weighted by molar-refractivity contribution is 6.35. The molecule has 1 unspecified atom stereocenters. The van der Waals surface area contributed by atoms with Crippen LogP contribution in [0.15, 0.2) is 12.1 Å². The fourth-order valence-corrected chi connectivity index (χ4v) is 2.82. The SMILES string of the molecule is NCCc1cc(Cl)cc(Cl)c1OCC1CCCCO1. The van der Waals surface area contributed by atoms with E-state index < -0.39 is 0 Å². The van der Waals surface area contributed by atoms with E-state index in [0.717, 1.165) is 25.0 Å². The van der Waals surface area contributed by atoms with Crippen LogP contribution in [0.4, 0.5) is 0 Å². The molecule has 0 aromatic heterocycles. The number of halogens is 2. The van der Waals surface area contributed by atoms with Crippen molar-refractivity contribution in [2.24, 2.45) is 5.73 Å². The summed E-state index contributed by atoms with van der Waals surface area (Å²) in [6, 6.07) is 3.55. The molecule has 5 heteroatoms. The largest absolute Gasteiger partial charge is 0.489 e. The molecule has 0 bridgehead atoms. The Morgan fingerprint density at radius 2 is 2.16 bits per heavy atom. The van der Waals surface area contributed by atoms with Crippen molar-refractivity contribution in [1.29, 1.82) is 0 Å². The van der Waals surface area contributed by atoms with Crippen LogP contribution in [0.1, 0.15) is 24.8 Å². The molecule has 1 aliphatic heterocycles. The lowest BCUT2D eigenvalue weighted by molar-refractivity contribution is -0.0112. The lowest BCUT2D eigenvalue weighted by Crippen LogP contribution is -2.26. The summed E-state index contributed by atoms with van der Waals surface area (Å²) < 4.78 is 11.5. The fraction of sp³-hybridized carbons (Fsp3) is 0.571. The highest BCUT2D eigenvalue weighted by atomic mass is 35.5. The normalized spacial score (nSPS) is 19.4. The molecule has 2 rings (SSSR count). The maximum atomic E-state index is 6.20. The highest BCUT2D eigenvalue weighted by Crippen LogP contribution is 2.33. The second-order valence-electron chi connectivity index (χ2n) is 4.71. The van der Waals surface area contributed by atoms with Crippen LogP contribution in [0.3, 0.4) is 0 Å². The predicted molar refractivity (Wildman–Crippen MR) is 78.3 cm³/mol. The minimum Gasteiger partial charge on any atom is -0.489 e. The van der Waals surface area contributed by atoms with Crippen molar-refractivity contribution in [2.75, 3.05) is 19.8 Å². The summed E-state index contributed by atoms with van der Waals surface area (Å²) in [6.07, 6.45) is 4.22. The van der Waals surface area contributed by atoms with Crippen LogP contribution in [0.25, 0.3) is 0 Å². The van der Waals surface area contributed by atoms with Crippen molar-refractivity contribution in [1.82, 2.24) is 0 Å². The summed E-state index contributed by atoms with van der Waals surface area (Å²) in [6.45, 7) is 1.88. The zero-order valence-corrected chi connectivity index (χ0v) is 12.3. The van der Waals surface area contributed by atoms with Gasteiger partial charge in [0.15, 0.2) is 0 Å². The van der Waals surface area contributed by atoms with Crippen LogP contribution in [-0.2, 0) is 11.2 Å². The smallest absolute Gasteiger partial charge is 0.141 e. The standard InChI is InChI=1S/C14H19Cl2NO2/c15-11-7-10(4-5-17)14(13(16)8-11)19-9-12-3-1-2-6-18-12/h7-8,12H,1-6,9,17H2. The number of hydrogen-bond acceptors (Lipinski definition) is 3. The molecule has 1 heterocycles. The molecule has 0 saturated carbocycles. The molecular formula is C14H19Cl2NO2. The first-order chi connectivity index (χ1) is 9.20. The van der Waals surface area contributed by atoms with Gasteiger partial charge in [0.25, 0.3) is 0 Å². The molecule has 1 aliphatic rings. The number of nitrogens with two attached hydrogens (primary N) is 1. The summed E-state index contributed by atoms with van der Waals surface area (Å²) in [5.41, 5.74) is 6.56. The number of ether oxygens (including phenoxy) is 2. The van der Waals surface area contributed by atoms with E-state index in [9.17, 15) is 0 Å². The van der Waals surface area contributed by atoms with E-state index in [2.05, 4.69) is 0 Å². The topological polar surface area (TPSA) is 44.5 Å². The van der Waals surface area contributed by atoms with E-state index in [1.165, 1.54) is 6.42 Å². The van der Waals surface area contributed by atoms with Gasteiger partial charge >= 0.3 is 0 Å². The fourth-order valence-electron chi connectivity index (χ4n) is 2.23. The number of hydrogen-bond donors (Lipinski definition) is 1. The Morgan fingerprint density at radius 3 is 2.84 bits per heavy atom. The maximum Gasteiger partial charge on any atom is 0.141 e. The molecule has 1 fully saturated rings. The monoisotopic (exact) mass is 303 g/mol. The van der Waals surface area contributed by atoms with Gasteiger partial charge in [-0.15, -0.1) is 0 Å². The molecule has 106 valence electrons. The average Bonchev–Trinajstić information content (AvgIpc) is 2.39. The highest BCUT2D eigenvalue weighted by Gasteiger charge is 2.17. The second kappa shape index (κ2) is 7.34. The van der Waals surface area contributed by atoms with Crippen molar-refractivity contribution in [3.8, 4) is 5.75 Å². The van der Waals surface area contributed by atoms with Crippen LogP contribution in [0.5, 0.6) is 5.75 Å². The summed E-state index contributed by atoms with van der Waals surface area (Å²) in [7, 11) is 0. The van der Waals surface area contributed by atoms with Crippen molar-refractivity contribution in [3.63, 3.8) is 0 Å². The molecule has 0 radical (unpaired) electrons. The molecule has 1 saturated heterocycles. The van der Waals surface area contributed by atoms with Crippen LogP contribution in [-0.4, -0.2) is 25.9 Å². The summed E-state index contributed by atoms with van der Waals surface area (Å²) >= 11 is 12.2. The molecule has 0 amide bonds. The minimum atomic E-state index is 0.159. The summed E-state index contributed by atoms with van der Waals surface area (Å²) in [5, 5.41) is 1.14. The van der Waals surface area contributed by atoms with E-state index >= 15 is 0 Å². The average molecular weight is 304 g/mol. The maximum absolute atomic E-state index is 6.20. The molecule has 3 nitrogen and oxygen atoms in total. The third-order valence-electron chi connectivity index (χ3n) is 3.19. The first-order valence-corrected chi connectivity index (χ1v) is 7.38. The first kappa shape index (κ1) is 14.9. The number of rotatable bonds is 5. The Bertz CT molecular complexity index is 420. The zero-order valence-electron chi connectivity index (χ0n) is 10.8. The van der Waals surface area contributed by atoms with Gasteiger partial charge in [0.1, 0.15) is 12.4 Å². The molecule has 0 aliphatic carbocycles. The Morgan fingerprint density at radius 1 is 1.32 bits per heavy atom. The van der Waals surface area contributed by atoms with Gasteiger partial charge < -0.3 is 15.2 Å². The van der Waals surface area contributed by atoms with E-state index in [-0.39, 0.29) is 6.10 Å². The van der Waals surface area contributed by atoms with Gasteiger partial charge in [0.2, 0.25) is 0 Å². The van der Waals surface area contributed by atoms with Gasteiger partial charge in [-0.1, -0.05) is 23.2 Å². The van der Waals surface area contributed by atoms with Crippen LogP contribution in [0.2, 0.25) is 10.0 Å². The van der Waals surface area contributed by atoms with Crippen molar-refractivity contribution < 1.29 is 9.47 Å². The van der Waals surface area contributed by atoms with Crippen molar-refractivity contribution in [2.45, 2.75) is 31.8 Å². The molecule has 0 spiro atoms. The van der Waals surface area contributed by atoms with Gasteiger partial charge in [-0.25, -0.2) is 0 Å². The van der Waals surface area contributed by atoms with Crippen molar-refractivity contribution >= 4 is 23.2 Å². The van der Waals surface area contributed by atoms with E-state index in [4.69, 9.17) is 38.4 Å². The molecule has 2 N–H and O–H groups in total. The first-order valence-electron chi connectivity index (χ1n) is 6.63. The summed E-state index contributed by atoms with van der Waals surface area (Å²) in [4.78, 5) is 0. The lowest BCUT2D eigenvalue weighted by atomic mass is 10.1. The van der Waals surface area contributed by atoms with Gasteiger partial charge in [-0.2, -0.15) is 0 Å². The number of benzene rings is 1. The predicted octanol–water partition coefficient (Wildman–Crippen LogP) is 3.44. The van der Waals surface area contributed by atoms with Gasteiger partial charge in [0, 0.05) is 11.6 Å². The Kier molecular flexibility index (Phi) is 5.76. The summed E-state index contributed by atoms with van der Waals surface area (Å²) in [5.74, 6) is 0.686.